The molecular formula is C10H23O2PS2. The van der Waals surface area contributed by atoms with Crippen LogP contribution in [0.15, 0.2) is 0 Å². The van der Waals surface area contributed by atoms with Crippen LogP contribution in [0, 0.1) is 0 Å². The zero-order valence-electron chi connectivity index (χ0n) is 10.5. The maximum Gasteiger partial charge on any atom is 0.245 e. The van der Waals surface area contributed by atoms with Crippen LogP contribution in [-0.4, -0.2) is 11.2 Å². The van der Waals surface area contributed by atoms with E-state index in [1.54, 1.807) is 0 Å². The first-order valence-electron chi connectivity index (χ1n) is 5.28. The second kappa shape index (κ2) is 5.50. The van der Waals surface area contributed by atoms with Gasteiger partial charge in [-0.05, 0) is 52.3 Å². The Hall–Kier alpha value is 0.920. The molecule has 0 spiro atoms. The van der Waals surface area contributed by atoms with Crippen molar-refractivity contribution >= 4 is 29.7 Å². The average Bonchev–Trinajstić information content (AvgIpc) is 2.00. The van der Waals surface area contributed by atoms with E-state index in [9.17, 15) is 0 Å². The fourth-order valence-corrected chi connectivity index (χ4v) is 4.85. The average molecular weight is 270 g/mol. The standard InChI is InChI=1S/C10H23O2PS2/c1-7-9(3,4)11-13(14,15)12-10(5,6)8-2/h7-8H2,1-6H3,(H,14,15). The van der Waals surface area contributed by atoms with Crippen molar-refractivity contribution in [1.82, 2.24) is 0 Å². The third-order valence-electron chi connectivity index (χ3n) is 2.43. The quantitative estimate of drug-likeness (QED) is 0.564. The molecule has 15 heavy (non-hydrogen) atoms. The smallest absolute Gasteiger partial charge is 0.245 e. The molecule has 0 heterocycles. The van der Waals surface area contributed by atoms with Gasteiger partial charge in [0.15, 0.2) is 0 Å². The molecule has 0 unspecified atom stereocenters. The molecule has 0 N–H and O–H groups in total. The van der Waals surface area contributed by atoms with Gasteiger partial charge >= 0.3 is 0 Å². The molecule has 0 fully saturated rings. The Kier molecular flexibility index (Phi) is 5.84. The van der Waals surface area contributed by atoms with Crippen molar-refractivity contribution in [2.75, 3.05) is 0 Å². The van der Waals surface area contributed by atoms with Crippen LogP contribution in [0.4, 0.5) is 0 Å². The van der Waals surface area contributed by atoms with Gasteiger partial charge in [0.2, 0.25) is 5.69 Å². The lowest BCUT2D eigenvalue weighted by Gasteiger charge is -2.34. The van der Waals surface area contributed by atoms with Crippen LogP contribution in [0.5, 0.6) is 0 Å². The van der Waals surface area contributed by atoms with E-state index in [-0.39, 0.29) is 11.2 Å². The highest BCUT2D eigenvalue weighted by Crippen LogP contribution is 2.59. The van der Waals surface area contributed by atoms with Crippen LogP contribution in [0.3, 0.4) is 0 Å². The van der Waals surface area contributed by atoms with Gasteiger partial charge in [0.1, 0.15) is 0 Å². The minimum absolute atomic E-state index is 0.263. The van der Waals surface area contributed by atoms with Gasteiger partial charge in [0.25, 0.3) is 0 Å². The molecular weight excluding hydrogens is 247 g/mol. The summed E-state index contributed by atoms with van der Waals surface area (Å²) in [5.41, 5.74) is -2.97. The summed E-state index contributed by atoms with van der Waals surface area (Å²) in [6.07, 6.45) is 1.78. The van der Waals surface area contributed by atoms with Crippen LogP contribution in [0.25, 0.3) is 0 Å². The van der Waals surface area contributed by atoms with E-state index >= 15 is 0 Å². The first-order chi connectivity index (χ1) is 6.54. The van der Waals surface area contributed by atoms with E-state index in [4.69, 9.17) is 20.9 Å². The summed E-state index contributed by atoms with van der Waals surface area (Å²) >= 11 is 9.67. The van der Waals surface area contributed by atoms with Crippen LogP contribution < -0.4 is 0 Å². The lowest BCUT2D eigenvalue weighted by Crippen LogP contribution is -2.25. The highest BCUT2D eigenvalue weighted by Gasteiger charge is 2.30. The molecule has 0 aliphatic carbocycles. The molecule has 0 aliphatic heterocycles. The van der Waals surface area contributed by atoms with E-state index in [0.717, 1.165) is 12.8 Å². The Morgan fingerprint density at radius 2 is 1.27 bits per heavy atom. The van der Waals surface area contributed by atoms with Crippen molar-refractivity contribution < 1.29 is 9.05 Å². The van der Waals surface area contributed by atoms with Crippen LogP contribution >= 0.6 is 17.9 Å². The first kappa shape index (κ1) is 15.9. The fraction of sp³-hybridized carbons (Fsp3) is 1.00. The van der Waals surface area contributed by atoms with Gasteiger partial charge in [-0.2, -0.15) is 0 Å². The molecule has 0 aromatic rings. The van der Waals surface area contributed by atoms with Crippen molar-refractivity contribution in [2.24, 2.45) is 0 Å². The molecule has 0 radical (unpaired) electrons. The number of hydrogen-bond acceptors (Lipinski definition) is 3. The topological polar surface area (TPSA) is 18.5 Å². The molecule has 5 heteroatoms. The lowest BCUT2D eigenvalue weighted by molar-refractivity contribution is 0.0565. The molecule has 0 atom stereocenters. The number of thiol groups is 1. The van der Waals surface area contributed by atoms with Gasteiger partial charge in [0.05, 0.1) is 11.2 Å². The normalized spacial score (nSPS) is 14.3. The van der Waals surface area contributed by atoms with Gasteiger partial charge in [0, 0.05) is 0 Å². The second-order valence-corrected chi connectivity index (χ2v) is 10.0. The monoisotopic (exact) mass is 270 g/mol. The molecule has 0 aromatic heterocycles. The summed E-state index contributed by atoms with van der Waals surface area (Å²) in [5.74, 6) is 0. The van der Waals surface area contributed by atoms with E-state index in [0.29, 0.717) is 0 Å². The summed E-state index contributed by atoms with van der Waals surface area (Å²) in [6, 6.07) is 0. The summed E-state index contributed by atoms with van der Waals surface area (Å²) in [6.45, 7) is 12.2. The number of hydrogen-bond donors (Lipinski definition) is 1. The van der Waals surface area contributed by atoms with Crippen molar-refractivity contribution in [3.05, 3.63) is 0 Å². The van der Waals surface area contributed by atoms with Gasteiger partial charge in [-0.3, -0.25) is 0 Å². The molecule has 0 saturated carbocycles. The Balaban J connectivity index is 4.51. The zero-order chi connectivity index (χ0) is 12.3. The lowest BCUT2D eigenvalue weighted by atomic mass is 10.1. The SMILES string of the molecule is CCC(C)(C)OP(=S)(S)OC(C)(C)CC. The van der Waals surface area contributed by atoms with Gasteiger partial charge in [-0.15, -0.1) is 0 Å². The zero-order valence-corrected chi connectivity index (χ0v) is 13.1. The van der Waals surface area contributed by atoms with Crippen molar-refractivity contribution in [1.29, 1.82) is 0 Å². The summed E-state index contributed by atoms with van der Waals surface area (Å²) < 4.78 is 11.6. The fourth-order valence-electron chi connectivity index (χ4n) is 0.772. The largest absolute Gasteiger partial charge is 0.316 e. The Morgan fingerprint density at radius 1 is 1.00 bits per heavy atom. The molecule has 92 valence electrons. The summed E-state index contributed by atoms with van der Waals surface area (Å²) in [7, 11) is 0. The first-order valence-corrected chi connectivity index (χ1v) is 9.07. The minimum atomic E-state index is -2.44. The summed E-state index contributed by atoms with van der Waals surface area (Å²) in [5, 5.41) is 0. The molecule has 0 aromatic carbocycles. The van der Waals surface area contributed by atoms with Crippen LogP contribution in [-0.2, 0) is 20.9 Å². The molecule has 0 aliphatic rings. The van der Waals surface area contributed by atoms with Crippen LogP contribution in [0.1, 0.15) is 54.4 Å². The molecule has 0 bridgehead atoms. The Labute approximate surface area is 104 Å². The van der Waals surface area contributed by atoms with Crippen molar-refractivity contribution in [2.45, 2.75) is 65.6 Å². The van der Waals surface area contributed by atoms with E-state index < -0.39 is 5.69 Å². The van der Waals surface area contributed by atoms with Gasteiger partial charge in [-0.25, -0.2) is 0 Å². The van der Waals surface area contributed by atoms with Crippen molar-refractivity contribution in [3.8, 4) is 0 Å². The van der Waals surface area contributed by atoms with Gasteiger partial charge < -0.3 is 9.05 Å². The molecule has 2 nitrogen and oxygen atoms in total. The number of rotatable bonds is 6. The van der Waals surface area contributed by atoms with E-state index in [1.807, 2.05) is 27.7 Å². The predicted molar refractivity (Wildman–Crippen MR) is 74.2 cm³/mol. The summed E-state index contributed by atoms with van der Waals surface area (Å²) in [4.78, 5) is 0. The molecule has 0 amide bonds. The minimum Gasteiger partial charge on any atom is -0.316 e. The molecule has 0 rings (SSSR count). The maximum absolute atomic E-state index is 5.78. The molecule has 0 saturated heterocycles. The highest BCUT2D eigenvalue weighted by molar-refractivity contribution is 8.60. The third kappa shape index (κ3) is 6.96. The Bertz CT molecular complexity index is 230. The Morgan fingerprint density at radius 3 is 1.47 bits per heavy atom. The second-order valence-electron chi connectivity index (χ2n) is 4.88. The van der Waals surface area contributed by atoms with Crippen molar-refractivity contribution in [3.63, 3.8) is 0 Å². The van der Waals surface area contributed by atoms with E-state index in [2.05, 4.69) is 26.1 Å². The maximum atomic E-state index is 5.78. The van der Waals surface area contributed by atoms with E-state index in [1.165, 1.54) is 0 Å². The van der Waals surface area contributed by atoms with Gasteiger partial charge in [-0.1, -0.05) is 26.1 Å². The van der Waals surface area contributed by atoms with Crippen LogP contribution in [0.2, 0.25) is 0 Å². The predicted octanol–water partition coefficient (Wildman–Crippen LogP) is 4.55. The highest BCUT2D eigenvalue weighted by atomic mass is 32.9. The third-order valence-corrected chi connectivity index (χ3v) is 4.81.